The lowest BCUT2D eigenvalue weighted by molar-refractivity contribution is -0.151. The predicted octanol–water partition coefficient (Wildman–Crippen LogP) is 2.71. The quantitative estimate of drug-likeness (QED) is 0.782. The van der Waals surface area contributed by atoms with Crippen LogP contribution in [-0.2, 0) is 0 Å². The second kappa shape index (κ2) is 2.93. The highest BCUT2D eigenvalue weighted by Crippen LogP contribution is 2.51. The normalized spacial score (nSPS) is 19.4. The lowest BCUT2D eigenvalue weighted by Crippen LogP contribution is -2.38. The summed E-state index contributed by atoms with van der Waals surface area (Å²) < 4.78 is 37.8. The van der Waals surface area contributed by atoms with Gasteiger partial charge < -0.3 is 5.32 Å². The molecule has 2 N–H and O–H groups in total. The molecule has 1 aromatic rings. The molecule has 1 heterocycles. The lowest BCUT2D eigenvalue weighted by Gasteiger charge is -2.19. The Balaban J connectivity index is 2.16. The largest absolute Gasteiger partial charge is 0.411 e. The number of anilines is 1. The van der Waals surface area contributed by atoms with Crippen LogP contribution in [-0.4, -0.2) is 21.9 Å². The zero-order valence-corrected chi connectivity index (χ0v) is 8.44. The summed E-state index contributed by atoms with van der Waals surface area (Å²) in [5.41, 5.74) is -1.76. The van der Waals surface area contributed by atoms with Gasteiger partial charge in [-0.25, -0.2) is 0 Å². The van der Waals surface area contributed by atoms with E-state index in [4.69, 9.17) is 12.2 Å². The van der Waals surface area contributed by atoms with Crippen LogP contribution in [0.15, 0.2) is 0 Å². The number of H-pyrrole nitrogens is 1. The van der Waals surface area contributed by atoms with Crippen LogP contribution in [0.2, 0.25) is 0 Å². The van der Waals surface area contributed by atoms with Crippen molar-refractivity contribution in [1.82, 2.24) is 10.2 Å². The smallest absolute Gasteiger partial charge is 0.346 e. The Labute approximate surface area is 86.3 Å². The molecule has 1 saturated carbocycles. The van der Waals surface area contributed by atoms with Crippen molar-refractivity contribution in [2.75, 3.05) is 5.32 Å². The van der Waals surface area contributed by atoms with Crippen molar-refractivity contribution in [1.29, 1.82) is 0 Å². The first kappa shape index (κ1) is 9.91. The third-order valence-corrected chi connectivity index (χ3v) is 3.08. The zero-order chi connectivity index (χ0) is 10.4. The molecule has 14 heavy (non-hydrogen) atoms. The van der Waals surface area contributed by atoms with Gasteiger partial charge in [0.2, 0.25) is 5.13 Å². The predicted molar refractivity (Wildman–Crippen MR) is 48.9 cm³/mol. The summed E-state index contributed by atoms with van der Waals surface area (Å²) in [5, 5.41) is 8.63. The Hall–Kier alpha value is -0.630. The second-order valence-electron chi connectivity index (χ2n) is 3.12. The number of aromatic nitrogens is 2. The summed E-state index contributed by atoms with van der Waals surface area (Å²) in [6, 6.07) is 0. The summed E-state index contributed by atoms with van der Waals surface area (Å²) in [5.74, 6) is 0. The van der Waals surface area contributed by atoms with Crippen molar-refractivity contribution in [2.24, 2.45) is 0 Å². The average Bonchev–Trinajstić information content (AvgIpc) is 2.71. The first-order chi connectivity index (χ1) is 6.43. The van der Waals surface area contributed by atoms with E-state index in [2.05, 4.69) is 15.5 Å². The van der Waals surface area contributed by atoms with Crippen molar-refractivity contribution < 1.29 is 13.2 Å². The molecule has 0 unspecified atom stereocenters. The fourth-order valence-electron chi connectivity index (χ4n) is 1.09. The number of nitrogens with one attached hydrogen (secondary N) is 2. The van der Waals surface area contributed by atoms with Gasteiger partial charge in [0.25, 0.3) is 0 Å². The molecule has 0 bridgehead atoms. The van der Waals surface area contributed by atoms with Gasteiger partial charge in [-0.05, 0) is 25.1 Å². The van der Waals surface area contributed by atoms with E-state index in [1.165, 1.54) is 0 Å². The summed E-state index contributed by atoms with van der Waals surface area (Å²) >= 11 is 5.72. The van der Waals surface area contributed by atoms with Gasteiger partial charge in [-0.1, -0.05) is 11.3 Å². The summed E-state index contributed by atoms with van der Waals surface area (Å²) in [7, 11) is 0. The van der Waals surface area contributed by atoms with Gasteiger partial charge in [0.1, 0.15) is 5.54 Å². The Kier molecular flexibility index (Phi) is 2.07. The monoisotopic (exact) mass is 241 g/mol. The van der Waals surface area contributed by atoms with E-state index in [9.17, 15) is 13.2 Å². The number of nitrogens with zero attached hydrogens (tertiary/aromatic N) is 1. The minimum atomic E-state index is -4.22. The maximum absolute atomic E-state index is 12.5. The van der Waals surface area contributed by atoms with Gasteiger partial charge in [-0.2, -0.15) is 13.2 Å². The number of alkyl halides is 3. The van der Waals surface area contributed by atoms with E-state index in [0.717, 1.165) is 11.3 Å². The van der Waals surface area contributed by atoms with Crippen LogP contribution in [0.1, 0.15) is 12.8 Å². The maximum Gasteiger partial charge on any atom is 0.411 e. The van der Waals surface area contributed by atoms with E-state index < -0.39 is 11.7 Å². The highest BCUT2D eigenvalue weighted by atomic mass is 32.1. The number of aromatic amines is 1. The van der Waals surface area contributed by atoms with Gasteiger partial charge in [0.05, 0.1) is 0 Å². The van der Waals surface area contributed by atoms with E-state index >= 15 is 0 Å². The van der Waals surface area contributed by atoms with Crippen molar-refractivity contribution in [3.63, 3.8) is 0 Å². The molecule has 1 fully saturated rings. The van der Waals surface area contributed by atoms with Crippen LogP contribution >= 0.6 is 23.6 Å². The molecular formula is C6H6F3N3S2. The van der Waals surface area contributed by atoms with Gasteiger partial charge in [0.15, 0.2) is 3.95 Å². The summed E-state index contributed by atoms with van der Waals surface area (Å²) in [4.78, 5) is 0. The molecule has 0 amide bonds. The van der Waals surface area contributed by atoms with Gasteiger partial charge >= 0.3 is 6.18 Å². The van der Waals surface area contributed by atoms with Crippen LogP contribution in [0, 0.1) is 3.95 Å². The van der Waals surface area contributed by atoms with E-state index in [-0.39, 0.29) is 18.0 Å². The van der Waals surface area contributed by atoms with Crippen LogP contribution in [0.25, 0.3) is 0 Å². The molecule has 1 aromatic heterocycles. The molecule has 3 nitrogen and oxygen atoms in total. The average molecular weight is 241 g/mol. The SMILES string of the molecule is FC(F)(F)C1(Nc2n[nH]c(=S)s2)CC1. The Morgan fingerprint density at radius 1 is 1.50 bits per heavy atom. The fraction of sp³-hybridized carbons (Fsp3) is 0.667. The molecule has 1 aliphatic rings. The first-order valence-electron chi connectivity index (χ1n) is 3.83. The first-order valence-corrected chi connectivity index (χ1v) is 5.06. The van der Waals surface area contributed by atoms with Crippen molar-refractivity contribution in [3.05, 3.63) is 3.95 Å². The van der Waals surface area contributed by atoms with E-state index in [1.54, 1.807) is 0 Å². The van der Waals surface area contributed by atoms with E-state index in [1.807, 2.05) is 0 Å². The standard InChI is InChI=1S/C6H6F3N3S2/c7-6(8,9)5(1-2-5)10-3-11-12-4(13)14-3/h1-2H2,(H,10,11)(H,12,13). The molecule has 78 valence electrons. The molecule has 0 spiro atoms. The minimum Gasteiger partial charge on any atom is -0.346 e. The molecule has 0 aliphatic heterocycles. The molecule has 0 saturated heterocycles. The molecule has 1 aliphatic carbocycles. The summed E-state index contributed by atoms with van der Waals surface area (Å²) in [6.07, 6.45) is -4.02. The molecule has 2 rings (SSSR count). The van der Waals surface area contributed by atoms with Crippen molar-refractivity contribution in [3.8, 4) is 0 Å². The van der Waals surface area contributed by atoms with Crippen LogP contribution < -0.4 is 5.32 Å². The van der Waals surface area contributed by atoms with Crippen LogP contribution in [0.4, 0.5) is 18.3 Å². The van der Waals surface area contributed by atoms with Gasteiger partial charge in [-0.15, -0.1) is 5.10 Å². The molecule has 0 aromatic carbocycles. The van der Waals surface area contributed by atoms with Gasteiger partial charge in [-0.3, -0.25) is 5.10 Å². The molecule has 0 atom stereocenters. The lowest BCUT2D eigenvalue weighted by atomic mass is 10.3. The highest BCUT2D eigenvalue weighted by molar-refractivity contribution is 7.73. The maximum atomic E-state index is 12.5. The van der Waals surface area contributed by atoms with Crippen LogP contribution in [0.3, 0.4) is 0 Å². The minimum absolute atomic E-state index is 0.100. The number of halogens is 3. The molecular weight excluding hydrogens is 235 g/mol. The Morgan fingerprint density at radius 2 is 2.14 bits per heavy atom. The zero-order valence-electron chi connectivity index (χ0n) is 6.81. The highest BCUT2D eigenvalue weighted by Gasteiger charge is 2.63. The number of rotatable bonds is 2. The Bertz CT molecular complexity index is 390. The third-order valence-electron chi connectivity index (χ3n) is 2.08. The molecule has 8 heteroatoms. The number of hydrogen-bond acceptors (Lipinski definition) is 4. The van der Waals surface area contributed by atoms with Crippen molar-refractivity contribution >= 4 is 28.7 Å². The van der Waals surface area contributed by atoms with Crippen LogP contribution in [0.5, 0.6) is 0 Å². The van der Waals surface area contributed by atoms with E-state index in [0.29, 0.717) is 3.95 Å². The third kappa shape index (κ3) is 1.63. The van der Waals surface area contributed by atoms with Gasteiger partial charge in [0, 0.05) is 0 Å². The second-order valence-corrected chi connectivity index (χ2v) is 4.79. The van der Waals surface area contributed by atoms with Crippen molar-refractivity contribution in [2.45, 2.75) is 24.6 Å². The Morgan fingerprint density at radius 3 is 2.50 bits per heavy atom. The summed E-state index contributed by atoms with van der Waals surface area (Å²) in [6.45, 7) is 0. The molecule has 0 radical (unpaired) electrons. The number of hydrogen-bond donors (Lipinski definition) is 2. The fourth-order valence-corrected chi connectivity index (χ4v) is 1.98. The topological polar surface area (TPSA) is 40.7 Å².